The molecule has 0 aliphatic carbocycles. The molecule has 3 N–H and O–H groups in total. The van der Waals surface area contributed by atoms with Gasteiger partial charge >= 0.3 is 0 Å². The molecule has 0 saturated heterocycles. The van der Waals surface area contributed by atoms with Gasteiger partial charge < -0.3 is 11.1 Å². The molecule has 0 unspecified atom stereocenters. The summed E-state index contributed by atoms with van der Waals surface area (Å²) >= 11 is 1.66. The van der Waals surface area contributed by atoms with Gasteiger partial charge in [-0.05, 0) is 30.7 Å². The van der Waals surface area contributed by atoms with Crippen molar-refractivity contribution in [3.63, 3.8) is 0 Å². The van der Waals surface area contributed by atoms with Gasteiger partial charge in [0.15, 0.2) is 0 Å². The van der Waals surface area contributed by atoms with E-state index in [1.807, 2.05) is 18.2 Å². The topological polar surface area (TPSA) is 78.9 Å². The van der Waals surface area contributed by atoms with E-state index in [4.69, 9.17) is 5.73 Å². The van der Waals surface area contributed by atoms with E-state index >= 15 is 0 Å². The second-order valence-corrected chi connectivity index (χ2v) is 5.38. The lowest BCUT2D eigenvalue weighted by Crippen LogP contribution is -2.11. The number of carbonyl (C=O) groups is 1. The van der Waals surface area contributed by atoms with Crippen LogP contribution in [0.2, 0.25) is 0 Å². The molecular formula is C14H19N3OS. The fourth-order valence-corrected chi connectivity index (χ4v) is 2.50. The Bertz CT molecular complexity index is 468. The molecule has 0 aliphatic rings. The summed E-state index contributed by atoms with van der Waals surface area (Å²) in [6.07, 6.45) is 2.05. The number of carbonyl (C=O) groups excluding carboxylic acids is 1. The molecule has 4 nitrogen and oxygen atoms in total. The van der Waals surface area contributed by atoms with Crippen LogP contribution in [0.15, 0.2) is 23.1 Å². The van der Waals surface area contributed by atoms with Crippen LogP contribution in [0.5, 0.6) is 0 Å². The van der Waals surface area contributed by atoms with E-state index in [1.54, 1.807) is 11.8 Å². The maximum atomic E-state index is 10.6. The zero-order valence-electron chi connectivity index (χ0n) is 11.1. The molecule has 1 amide bonds. The Morgan fingerprint density at radius 3 is 2.89 bits per heavy atom. The van der Waals surface area contributed by atoms with Crippen molar-refractivity contribution in [1.29, 1.82) is 5.26 Å². The van der Waals surface area contributed by atoms with Crippen molar-refractivity contribution in [2.75, 3.05) is 17.6 Å². The number of nitrogens with two attached hydrogens (primary N) is 1. The molecule has 1 aromatic rings. The molecule has 0 radical (unpaired) electrons. The van der Waals surface area contributed by atoms with Crippen molar-refractivity contribution in [2.24, 2.45) is 5.73 Å². The molecule has 0 saturated carbocycles. The molecule has 0 fully saturated rings. The largest absolute Gasteiger partial charge is 0.384 e. The van der Waals surface area contributed by atoms with Gasteiger partial charge in [0.2, 0.25) is 5.91 Å². The van der Waals surface area contributed by atoms with Gasteiger partial charge in [0.1, 0.15) is 6.07 Å². The first-order valence-electron chi connectivity index (χ1n) is 6.37. The molecule has 19 heavy (non-hydrogen) atoms. The summed E-state index contributed by atoms with van der Waals surface area (Å²) < 4.78 is 0. The standard InChI is InChI=1S/C14H19N3OS/c1-2-19-13-7-5-6-12(11(13)10-15)17-9-4-3-8-14(16)18/h5-7,17H,2-4,8-9H2,1H3,(H2,16,18). The smallest absolute Gasteiger partial charge is 0.217 e. The normalized spacial score (nSPS) is 9.89. The number of hydrogen-bond acceptors (Lipinski definition) is 4. The monoisotopic (exact) mass is 277 g/mol. The first-order valence-corrected chi connectivity index (χ1v) is 7.35. The van der Waals surface area contributed by atoms with Crippen LogP contribution in [-0.4, -0.2) is 18.2 Å². The highest BCUT2D eigenvalue weighted by atomic mass is 32.2. The van der Waals surface area contributed by atoms with Crippen LogP contribution in [0.25, 0.3) is 0 Å². The lowest BCUT2D eigenvalue weighted by Gasteiger charge is -2.10. The van der Waals surface area contributed by atoms with Crippen LogP contribution < -0.4 is 11.1 Å². The maximum Gasteiger partial charge on any atom is 0.217 e. The molecule has 102 valence electrons. The second-order valence-electron chi connectivity index (χ2n) is 4.07. The van der Waals surface area contributed by atoms with Gasteiger partial charge in [-0.2, -0.15) is 5.26 Å². The molecule has 5 heteroatoms. The highest BCUT2D eigenvalue weighted by Crippen LogP contribution is 2.27. The molecule has 1 aromatic carbocycles. The number of hydrogen-bond donors (Lipinski definition) is 2. The van der Waals surface area contributed by atoms with Gasteiger partial charge in [-0.1, -0.05) is 13.0 Å². The molecule has 0 aromatic heterocycles. The van der Waals surface area contributed by atoms with E-state index in [2.05, 4.69) is 18.3 Å². The summed E-state index contributed by atoms with van der Waals surface area (Å²) in [5, 5.41) is 12.5. The van der Waals surface area contributed by atoms with Crippen LogP contribution in [0.3, 0.4) is 0 Å². The summed E-state index contributed by atoms with van der Waals surface area (Å²) in [6, 6.07) is 8.07. The predicted molar refractivity (Wildman–Crippen MR) is 79.1 cm³/mol. The van der Waals surface area contributed by atoms with Crippen molar-refractivity contribution in [2.45, 2.75) is 31.1 Å². The quantitative estimate of drug-likeness (QED) is 0.565. The number of thioether (sulfide) groups is 1. The highest BCUT2D eigenvalue weighted by Gasteiger charge is 2.07. The Labute approximate surface area is 118 Å². The summed E-state index contributed by atoms with van der Waals surface area (Å²) in [5.74, 6) is 0.676. The fraction of sp³-hybridized carbons (Fsp3) is 0.429. The van der Waals surface area contributed by atoms with Crippen LogP contribution in [0.1, 0.15) is 31.7 Å². The van der Waals surface area contributed by atoms with Crippen LogP contribution in [0.4, 0.5) is 5.69 Å². The van der Waals surface area contributed by atoms with Gasteiger partial charge in [-0.15, -0.1) is 11.8 Å². The SMILES string of the molecule is CCSc1cccc(NCCCCC(N)=O)c1C#N. The van der Waals surface area contributed by atoms with E-state index < -0.39 is 0 Å². The summed E-state index contributed by atoms with van der Waals surface area (Å²) in [7, 11) is 0. The zero-order valence-corrected chi connectivity index (χ0v) is 11.9. The zero-order chi connectivity index (χ0) is 14.1. The van der Waals surface area contributed by atoms with Crippen molar-refractivity contribution in [1.82, 2.24) is 0 Å². The third kappa shape index (κ3) is 5.23. The Kier molecular flexibility index (Phi) is 6.83. The first-order chi connectivity index (χ1) is 9.19. The lowest BCUT2D eigenvalue weighted by atomic mass is 10.2. The number of anilines is 1. The number of primary amides is 1. The molecule has 1 rings (SSSR count). The van der Waals surface area contributed by atoms with Crippen LogP contribution in [-0.2, 0) is 4.79 Å². The Hall–Kier alpha value is -1.67. The fourth-order valence-electron chi connectivity index (χ4n) is 1.72. The van der Waals surface area contributed by atoms with Gasteiger partial charge in [0.25, 0.3) is 0 Å². The molecular weight excluding hydrogens is 258 g/mol. The summed E-state index contributed by atoms with van der Waals surface area (Å²) in [4.78, 5) is 11.6. The Morgan fingerprint density at radius 2 is 2.26 bits per heavy atom. The van der Waals surface area contributed by atoms with Crippen LogP contribution in [0, 0.1) is 11.3 Å². The van der Waals surface area contributed by atoms with Crippen molar-refractivity contribution in [3.8, 4) is 6.07 Å². The van der Waals surface area contributed by atoms with Gasteiger partial charge in [0.05, 0.1) is 11.3 Å². The second kappa shape index (κ2) is 8.44. The van der Waals surface area contributed by atoms with Gasteiger partial charge in [-0.3, -0.25) is 4.79 Å². The van der Waals surface area contributed by atoms with Gasteiger partial charge in [0, 0.05) is 17.9 Å². The average molecular weight is 277 g/mol. The Balaban J connectivity index is 2.56. The number of benzene rings is 1. The molecule has 0 aliphatic heterocycles. The highest BCUT2D eigenvalue weighted by molar-refractivity contribution is 7.99. The van der Waals surface area contributed by atoms with Crippen LogP contribution >= 0.6 is 11.8 Å². The van der Waals surface area contributed by atoms with Crippen molar-refractivity contribution >= 4 is 23.4 Å². The van der Waals surface area contributed by atoms with E-state index in [1.165, 1.54) is 0 Å². The lowest BCUT2D eigenvalue weighted by molar-refractivity contribution is -0.118. The molecule has 0 atom stereocenters. The first kappa shape index (κ1) is 15.4. The minimum absolute atomic E-state index is 0.265. The van der Waals surface area contributed by atoms with E-state index in [0.717, 1.165) is 35.7 Å². The average Bonchev–Trinajstić information content (AvgIpc) is 2.38. The number of rotatable bonds is 8. The molecule has 0 bridgehead atoms. The Morgan fingerprint density at radius 1 is 1.47 bits per heavy atom. The predicted octanol–water partition coefficient (Wildman–Crippen LogP) is 2.74. The van der Waals surface area contributed by atoms with E-state index in [9.17, 15) is 10.1 Å². The minimum atomic E-state index is -0.265. The number of nitriles is 1. The third-order valence-electron chi connectivity index (χ3n) is 2.60. The van der Waals surface area contributed by atoms with E-state index in [0.29, 0.717) is 12.0 Å². The van der Waals surface area contributed by atoms with E-state index in [-0.39, 0.29) is 5.91 Å². The number of nitrogens with one attached hydrogen (secondary N) is 1. The molecule has 0 heterocycles. The third-order valence-corrected chi connectivity index (χ3v) is 3.54. The minimum Gasteiger partial charge on any atom is -0.384 e. The summed E-state index contributed by atoms with van der Waals surface area (Å²) in [6.45, 7) is 2.80. The van der Waals surface area contributed by atoms with Gasteiger partial charge in [-0.25, -0.2) is 0 Å². The maximum absolute atomic E-state index is 10.6. The van der Waals surface area contributed by atoms with Crippen molar-refractivity contribution in [3.05, 3.63) is 23.8 Å². The van der Waals surface area contributed by atoms with Crippen molar-refractivity contribution < 1.29 is 4.79 Å². The summed E-state index contributed by atoms with van der Waals surface area (Å²) in [5.41, 5.74) is 6.64. The number of unbranched alkanes of at least 4 members (excludes halogenated alkanes) is 1. The molecule has 0 spiro atoms. The number of amides is 1. The number of nitrogens with zero attached hydrogens (tertiary/aromatic N) is 1.